The highest BCUT2D eigenvalue weighted by atomic mass is 32.2. The molecule has 1 saturated carbocycles. The van der Waals surface area contributed by atoms with Crippen LogP contribution in [-0.4, -0.2) is 84.7 Å². The lowest BCUT2D eigenvalue weighted by molar-refractivity contribution is -0.384. The third-order valence-corrected chi connectivity index (χ3v) is 8.28. The van der Waals surface area contributed by atoms with Crippen molar-refractivity contribution >= 4 is 21.7 Å². The van der Waals surface area contributed by atoms with Crippen LogP contribution in [0.3, 0.4) is 0 Å². The highest BCUT2D eigenvalue weighted by Gasteiger charge is 2.40. The van der Waals surface area contributed by atoms with Crippen LogP contribution in [0.25, 0.3) is 0 Å². The molecule has 2 N–H and O–H groups in total. The van der Waals surface area contributed by atoms with E-state index in [2.05, 4.69) is 5.32 Å². The van der Waals surface area contributed by atoms with E-state index in [-0.39, 0.29) is 29.2 Å². The largest absolute Gasteiger partial charge is 0.390 e. The molecule has 4 rings (SSSR count). The second-order valence-corrected chi connectivity index (χ2v) is 10.9. The molecule has 194 valence electrons. The number of aliphatic hydroxyl groups is 1. The first kappa shape index (κ1) is 26.0. The van der Waals surface area contributed by atoms with E-state index in [1.165, 1.54) is 16.4 Å². The zero-order valence-electron chi connectivity index (χ0n) is 19.7. The topological polar surface area (TPSA) is 142 Å². The summed E-state index contributed by atoms with van der Waals surface area (Å²) in [5, 5.41) is 25.1. The van der Waals surface area contributed by atoms with E-state index >= 15 is 0 Å². The Kier molecular flexibility index (Phi) is 8.19. The summed E-state index contributed by atoms with van der Waals surface area (Å²) in [6.07, 6.45) is 0.433. The van der Waals surface area contributed by atoms with Gasteiger partial charge in [-0.15, -0.1) is 0 Å². The van der Waals surface area contributed by atoms with Crippen LogP contribution in [0.2, 0.25) is 0 Å². The first-order valence-electron chi connectivity index (χ1n) is 11.9. The highest BCUT2D eigenvalue weighted by molar-refractivity contribution is 7.89. The molecule has 2 fully saturated rings. The monoisotopic (exact) mass is 518 g/mol. The Bertz CT molecular complexity index is 1150. The number of morpholine rings is 1. The van der Waals surface area contributed by atoms with Gasteiger partial charge in [0.15, 0.2) is 0 Å². The third-order valence-electron chi connectivity index (χ3n) is 6.35. The zero-order valence-corrected chi connectivity index (χ0v) is 20.5. The smallest absolute Gasteiger partial charge is 0.317 e. The van der Waals surface area contributed by atoms with Crippen molar-refractivity contribution in [2.45, 2.75) is 42.3 Å². The van der Waals surface area contributed by atoms with Crippen molar-refractivity contribution in [3.63, 3.8) is 0 Å². The number of ether oxygens (including phenoxy) is 1. The number of sulfonamides is 1. The fourth-order valence-corrected chi connectivity index (χ4v) is 5.86. The van der Waals surface area contributed by atoms with Gasteiger partial charge in [0.05, 0.1) is 35.2 Å². The number of rotatable bonds is 10. The maximum Gasteiger partial charge on any atom is 0.317 e. The van der Waals surface area contributed by atoms with Crippen LogP contribution in [0, 0.1) is 10.1 Å². The molecule has 2 aliphatic rings. The molecule has 1 aliphatic carbocycles. The van der Waals surface area contributed by atoms with Gasteiger partial charge in [0, 0.05) is 37.8 Å². The second-order valence-electron chi connectivity index (χ2n) is 8.97. The van der Waals surface area contributed by atoms with Crippen LogP contribution in [0.5, 0.6) is 0 Å². The maximum atomic E-state index is 13.4. The molecule has 1 saturated heterocycles. The van der Waals surface area contributed by atoms with E-state index < -0.39 is 27.1 Å². The van der Waals surface area contributed by atoms with Crippen molar-refractivity contribution < 1.29 is 28.0 Å². The molecule has 2 amide bonds. The Morgan fingerprint density at radius 2 is 1.78 bits per heavy atom. The summed E-state index contributed by atoms with van der Waals surface area (Å²) in [7, 11) is -4.02. The first-order valence-corrected chi connectivity index (χ1v) is 13.3. The second kappa shape index (κ2) is 11.3. The van der Waals surface area contributed by atoms with Crippen LogP contribution in [-0.2, 0) is 21.2 Å². The number of aliphatic hydroxyl groups excluding tert-OH is 1. The van der Waals surface area contributed by atoms with Crippen molar-refractivity contribution in [2.24, 2.45) is 0 Å². The molecule has 0 unspecified atom stereocenters. The minimum atomic E-state index is -4.02. The van der Waals surface area contributed by atoms with Gasteiger partial charge in [-0.25, -0.2) is 13.2 Å². The number of nitrogens with one attached hydrogen (secondary N) is 1. The SMILES string of the molecule is O=C(N[C@@H](Cc1ccccc1)[C@H](O)CN(C1CC1)S(=O)(=O)c1ccc([N+](=O)[O-])cc1)N1CCOCC1. The molecule has 0 bridgehead atoms. The van der Waals surface area contributed by atoms with Crippen molar-refractivity contribution in [1.82, 2.24) is 14.5 Å². The Morgan fingerprint density at radius 1 is 1.14 bits per heavy atom. The van der Waals surface area contributed by atoms with Gasteiger partial charge in [0.1, 0.15) is 0 Å². The van der Waals surface area contributed by atoms with E-state index in [1.54, 1.807) is 4.90 Å². The van der Waals surface area contributed by atoms with Gasteiger partial charge in [-0.3, -0.25) is 10.1 Å². The lowest BCUT2D eigenvalue weighted by atomic mass is 10.0. The molecule has 1 heterocycles. The molecule has 2 aromatic rings. The summed E-state index contributed by atoms with van der Waals surface area (Å²) < 4.78 is 33.4. The molecule has 2 atom stereocenters. The lowest BCUT2D eigenvalue weighted by Crippen LogP contribution is -2.55. The highest BCUT2D eigenvalue weighted by Crippen LogP contribution is 2.33. The summed E-state index contributed by atoms with van der Waals surface area (Å²) in [5.41, 5.74) is 0.681. The van der Waals surface area contributed by atoms with Crippen LogP contribution in [0.1, 0.15) is 18.4 Å². The van der Waals surface area contributed by atoms with E-state index in [9.17, 15) is 28.4 Å². The fraction of sp³-hybridized carbons (Fsp3) is 0.458. The first-order chi connectivity index (χ1) is 17.3. The van der Waals surface area contributed by atoms with E-state index in [4.69, 9.17) is 4.74 Å². The minimum absolute atomic E-state index is 0.0795. The van der Waals surface area contributed by atoms with Crippen molar-refractivity contribution in [2.75, 3.05) is 32.8 Å². The average Bonchev–Trinajstić information content (AvgIpc) is 3.73. The standard InChI is InChI=1S/C24H30N4O7S/c29-23(17-27(19-6-7-19)36(33,34)21-10-8-20(9-11-21)28(31)32)22(16-18-4-2-1-3-5-18)25-24(30)26-12-14-35-15-13-26/h1-5,8-11,19,22-23,29H,6-7,12-17H2,(H,25,30)/t22-,23+/m0/s1. The Labute approximate surface area is 209 Å². The van der Waals surface area contributed by atoms with Gasteiger partial charge in [-0.2, -0.15) is 4.31 Å². The number of nitro benzene ring substituents is 1. The number of hydrogen-bond donors (Lipinski definition) is 2. The van der Waals surface area contributed by atoms with Gasteiger partial charge in [-0.05, 0) is 37.0 Å². The van der Waals surface area contributed by atoms with Crippen molar-refractivity contribution in [3.8, 4) is 0 Å². The summed E-state index contributed by atoms with van der Waals surface area (Å²) >= 11 is 0. The predicted octanol–water partition coefficient (Wildman–Crippen LogP) is 1.76. The molecule has 2 aromatic carbocycles. The molecular weight excluding hydrogens is 488 g/mol. The Balaban J connectivity index is 1.53. The number of nitro groups is 1. The van der Waals surface area contributed by atoms with Crippen LogP contribution < -0.4 is 5.32 Å². The normalized spacial score (nSPS) is 18.0. The van der Waals surface area contributed by atoms with Crippen molar-refractivity contribution in [3.05, 3.63) is 70.3 Å². The van der Waals surface area contributed by atoms with Gasteiger partial charge in [0.25, 0.3) is 5.69 Å². The molecule has 36 heavy (non-hydrogen) atoms. The van der Waals surface area contributed by atoms with Gasteiger partial charge >= 0.3 is 6.03 Å². The van der Waals surface area contributed by atoms with E-state index in [1.807, 2.05) is 30.3 Å². The third kappa shape index (κ3) is 6.38. The summed E-state index contributed by atoms with van der Waals surface area (Å²) in [6, 6.07) is 12.7. The minimum Gasteiger partial charge on any atom is -0.390 e. The van der Waals surface area contributed by atoms with Crippen molar-refractivity contribution in [1.29, 1.82) is 0 Å². The Hall–Kier alpha value is -3.06. The molecular formula is C24H30N4O7S. The predicted molar refractivity (Wildman–Crippen MR) is 131 cm³/mol. The summed E-state index contributed by atoms with van der Waals surface area (Å²) in [5.74, 6) is 0. The van der Waals surface area contributed by atoms with E-state index in [0.717, 1.165) is 17.7 Å². The molecule has 0 aromatic heterocycles. The van der Waals surface area contributed by atoms with Gasteiger partial charge < -0.3 is 20.1 Å². The Morgan fingerprint density at radius 3 is 2.36 bits per heavy atom. The number of carbonyl (C=O) groups is 1. The molecule has 12 heteroatoms. The lowest BCUT2D eigenvalue weighted by Gasteiger charge is -2.33. The number of hydrogen-bond acceptors (Lipinski definition) is 7. The number of non-ortho nitro benzene ring substituents is 1. The molecule has 1 aliphatic heterocycles. The quantitative estimate of drug-likeness (QED) is 0.360. The number of urea groups is 1. The number of carbonyl (C=O) groups excluding carboxylic acids is 1. The number of nitrogens with zero attached hydrogens (tertiary/aromatic N) is 3. The summed E-state index contributed by atoms with van der Waals surface area (Å²) in [4.78, 5) is 24.8. The van der Waals surface area contributed by atoms with E-state index in [0.29, 0.717) is 45.6 Å². The number of amides is 2. The van der Waals surface area contributed by atoms with Crippen LogP contribution in [0.15, 0.2) is 59.5 Å². The fourth-order valence-electron chi connectivity index (χ4n) is 4.16. The van der Waals surface area contributed by atoms with Gasteiger partial charge in [-0.1, -0.05) is 30.3 Å². The molecule has 0 radical (unpaired) electrons. The van der Waals surface area contributed by atoms with Crippen LogP contribution >= 0.6 is 0 Å². The average molecular weight is 519 g/mol. The molecule has 11 nitrogen and oxygen atoms in total. The molecule has 0 spiro atoms. The summed E-state index contributed by atoms with van der Waals surface area (Å²) in [6.45, 7) is 1.51. The zero-order chi connectivity index (χ0) is 25.7. The van der Waals surface area contributed by atoms with Gasteiger partial charge in [0.2, 0.25) is 10.0 Å². The number of benzene rings is 2. The maximum absolute atomic E-state index is 13.4. The van der Waals surface area contributed by atoms with Crippen LogP contribution in [0.4, 0.5) is 10.5 Å².